The van der Waals surface area contributed by atoms with Crippen LogP contribution in [0.4, 0.5) is 0 Å². The van der Waals surface area contributed by atoms with Crippen LogP contribution < -0.4 is 20.1 Å². The molecule has 1 atom stereocenters. The predicted molar refractivity (Wildman–Crippen MR) is 77.1 cm³/mol. The Labute approximate surface area is 115 Å². The van der Waals surface area contributed by atoms with Gasteiger partial charge in [-0.25, -0.2) is 0 Å². The highest BCUT2D eigenvalue weighted by molar-refractivity contribution is 5.43. The molecule has 4 nitrogen and oxygen atoms in total. The molecule has 0 bridgehead atoms. The monoisotopic (exact) mass is 264 g/mol. The van der Waals surface area contributed by atoms with Gasteiger partial charge in [-0.05, 0) is 57.1 Å². The van der Waals surface area contributed by atoms with Crippen molar-refractivity contribution in [3.05, 3.63) is 23.8 Å². The maximum Gasteiger partial charge on any atom is 0.161 e. The minimum Gasteiger partial charge on any atom is -0.493 e. The van der Waals surface area contributed by atoms with Crippen molar-refractivity contribution in [3.8, 4) is 11.5 Å². The molecule has 19 heavy (non-hydrogen) atoms. The van der Waals surface area contributed by atoms with Crippen LogP contribution in [0.1, 0.15) is 18.4 Å². The van der Waals surface area contributed by atoms with Crippen molar-refractivity contribution in [2.75, 3.05) is 33.8 Å². The number of hydrogen-bond acceptors (Lipinski definition) is 4. The van der Waals surface area contributed by atoms with Gasteiger partial charge in [-0.2, -0.15) is 0 Å². The van der Waals surface area contributed by atoms with Gasteiger partial charge in [0, 0.05) is 6.54 Å². The Morgan fingerprint density at radius 1 is 1.37 bits per heavy atom. The van der Waals surface area contributed by atoms with Crippen molar-refractivity contribution in [1.29, 1.82) is 0 Å². The number of methoxy groups -OCH3 is 1. The van der Waals surface area contributed by atoms with Gasteiger partial charge in [-0.3, -0.25) is 0 Å². The Hall–Kier alpha value is -1.26. The Balaban J connectivity index is 2.06. The molecule has 106 valence electrons. The number of piperidine rings is 1. The third-order valence-electron chi connectivity index (χ3n) is 3.44. The van der Waals surface area contributed by atoms with Crippen LogP contribution in [0, 0.1) is 0 Å². The fourth-order valence-electron chi connectivity index (χ4n) is 2.34. The van der Waals surface area contributed by atoms with E-state index in [1.807, 2.05) is 13.1 Å². The minimum atomic E-state index is 0.252. The molecule has 2 rings (SSSR count). The van der Waals surface area contributed by atoms with Crippen LogP contribution in [-0.4, -0.2) is 39.9 Å². The maximum absolute atomic E-state index is 6.09. The van der Waals surface area contributed by atoms with Gasteiger partial charge >= 0.3 is 0 Å². The second-order valence-corrected chi connectivity index (χ2v) is 4.92. The van der Waals surface area contributed by atoms with E-state index in [1.165, 1.54) is 12.0 Å². The SMILES string of the molecule is CNCCc1ccc(OC)c(OC2CCCNC2)c1. The van der Waals surface area contributed by atoms with Crippen molar-refractivity contribution < 1.29 is 9.47 Å². The van der Waals surface area contributed by atoms with E-state index in [2.05, 4.69) is 22.8 Å². The van der Waals surface area contributed by atoms with Crippen molar-refractivity contribution in [2.45, 2.75) is 25.4 Å². The lowest BCUT2D eigenvalue weighted by molar-refractivity contribution is 0.161. The third kappa shape index (κ3) is 4.11. The van der Waals surface area contributed by atoms with Gasteiger partial charge in [0.05, 0.1) is 7.11 Å². The highest BCUT2D eigenvalue weighted by Gasteiger charge is 2.16. The zero-order chi connectivity index (χ0) is 13.5. The molecule has 2 N–H and O–H groups in total. The average Bonchev–Trinajstić information content (AvgIpc) is 2.46. The molecule has 0 saturated carbocycles. The molecule has 1 aromatic carbocycles. The molecule has 1 aliphatic rings. The number of rotatable bonds is 6. The molecule has 4 heteroatoms. The van der Waals surface area contributed by atoms with Gasteiger partial charge < -0.3 is 20.1 Å². The third-order valence-corrected chi connectivity index (χ3v) is 3.44. The second-order valence-electron chi connectivity index (χ2n) is 4.92. The summed E-state index contributed by atoms with van der Waals surface area (Å²) in [6.45, 7) is 2.99. The molecule has 0 aliphatic carbocycles. The first-order valence-electron chi connectivity index (χ1n) is 7.02. The normalized spacial score (nSPS) is 19.2. The summed E-state index contributed by atoms with van der Waals surface area (Å²) in [5.74, 6) is 1.68. The van der Waals surface area contributed by atoms with E-state index in [1.54, 1.807) is 7.11 Å². The van der Waals surface area contributed by atoms with Crippen molar-refractivity contribution in [1.82, 2.24) is 10.6 Å². The fourth-order valence-corrected chi connectivity index (χ4v) is 2.34. The van der Waals surface area contributed by atoms with Crippen LogP contribution in [0.15, 0.2) is 18.2 Å². The van der Waals surface area contributed by atoms with Crippen molar-refractivity contribution in [2.24, 2.45) is 0 Å². The van der Waals surface area contributed by atoms with Gasteiger partial charge in [-0.1, -0.05) is 6.07 Å². The molecule has 1 aliphatic heterocycles. The summed E-state index contributed by atoms with van der Waals surface area (Å²) < 4.78 is 11.5. The standard InChI is InChI=1S/C15H24N2O2/c1-16-9-7-12-5-6-14(18-2)15(10-12)19-13-4-3-8-17-11-13/h5-6,10,13,16-17H,3-4,7-9,11H2,1-2H3. The lowest BCUT2D eigenvalue weighted by Crippen LogP contribution is -2.37. The quantitative estimate of drug-likeness (QED) is 0.819. The minimum absolute atomic E-state index is 0.252. The Morgan fingerprint density at radius 2 is 2.26 bits per heavy atom. The fraction of sp³-hybridized carbons (Fsp3) is 0.600. The molecule has 1 saturated heterocycles. The number of likely N-dealkylation sites (N-methyl/N-ethyl adjacent to an activating group) is 1. The van der Waals surface area contributed by atoms with E-state index in [0.717, 1.165) is 44.0 Å². The van der Waals surface area contributed by atoms with Crippen molar-refractivity contribution in [3.63, 3.8) is 0 Å². The van der Waals surface area contributed by atoms with E-state index in [0.29, 0.717) is 0 Å². The van der Waals surface area contributed by atoms with Gasteiger partial charge in [0.25, 0.3) is 0 Å². The van der Waals surface area contributed by atoms with Crippen LogP contribution in [0.25, 0.3) is 0 Å². The smallest absolute Gasteiger partial charge is 0.161 e. The topological polar surface area (TPSA) is 42.5 Å². The highest BCUT2D eigenvalue weighted by Crippen LogP contribution is 2.30. The van der Waals surface area contributed by atoms with E-state index in [-0.39, 0.29) is 6.10 Å². The molecule has 0 amide bonds. The number of ether oxygens (including phenoxy) is 2. The van der Waals surface area contributed by atoms with E-state index in [4.69, 9.17) is 9.47 Å². The number of hydrogen-bond donors (Lipinski definition) is 2. The first-order valence-corrected chi connectivity index (χ1v) is 7.02. The molecule has 1 fully saturated rings. The Morgan fingerprint density at radius 3 is 2.95 bits per heavy atom. The van der Waals surface area contributed by atoms with Crippen LogP contribution in [0.2, 0.25) is 0 Å². The number of benzene rings is 1. The zero-order valence-corrected chi connectivity index (χ0v) is 11.9. The first kappa shape index (κ1) is 14.2. The van der Waals surface area contributed by atoms with Gasteiger partial charge in [0.1, 0.15) is 6.10 Å². The molecular formula is C15H24N2O2. The lowest BCUT2D eigenvalue weighted by atomic mass is 10.1. The average molecular weight is 264 g/mol. The molecule has 1 unspecified atom stereocenters. The summed E-state index contributed by atoms with van der Waals surface area (Å²) in [6.07, 6.45) is 3.53. The summed E-state index contributed by atoms with van der Waals surface area (Å²) in [4.78, 5) is 0. The maximum atomic E-state index is 6.09. The molecule has 1 aromatic rings. The molecular weight excluding hydrogens is 240 g/mol. The highest BCUT2D eigenvalue weighted by atomic mass is 16.5. The van der Waals surface area contributed by atoms with Gasteiger partial charge in [0.2, 0.25) is 0 Å². The molecule has 1 heterocycles. The van der Waals surface area contributed by atoms with E-state index < -0.39 is 0 Å². The largest absolute Gasteiger partial charge is 0.493 e. The number of nitrogens with one attached hydrogen (secondary N) is 2. The van der Waals surface area contributed by atoms with Crippen LogP contribution in [0.5, 0.6) is 11.5 Å². The van der Waals surface area contributed by atoms with E-state index in [9.17, 15) is 0 Å². The first-order chi connectivity index (χ1) is 9.33. The van der Waals surface area contributed by atoms with E-state index >= 15 is 0 Å². The van der Waals surface area contributed by atoms with Crippen LogP contribution in [-0.2, 0) is 6.42 Å². The van der Waals surface area contributed by atoms with Gasteiger partial charge in [0.15, 0.2) is 11.5 Å². The molecule has 0 aromatic heterocycles. The second kappa shape index (κ2) is 7.36. The summed E-state index contributed by atoms with van der Waals surface area (Å²) >= 11 is 0. The van der Waals surface area contributed by atoms with Crippen molar-refractivity contribution >= 4 is 0 Å². The summed E-state index contributed by atoms with van der Waals surface area (Å²) in [5.41, 5.74) is 1.27. The van der Waals surface area contributed by atoms with Crippen LogP contribution >= 0.6 is 0 Å². The summed E-state index contributed by atoms with van der Waals surface area (Å²) in [5, 5.41) is 6.53. The Bertz CT molecular complexity index is 390. The van der Waals surface area contributed by atoms with Crippen LogP contribution in [0.3, 0.4) is 0 Å². The predicted octanol–water partition coefficient (Wildman–Crippen LogP) is 1.59. The molecule has 0 spiro atoms. The Kier molecular flexibility index (Phi) is 5.48. The molecule has 0 radical (unpaired) electrons. The van der Waals surface area contributed by atoms with Gasteiger partial charge in [-0.15, -0.1) is 0 Å². The summed E-state index contributed by atoms with van der Waals surface area (Å²) in [6, 6.07) is 6.20. The lowest BCUT2D eigenvalue weighted by Gasteiger charge is -2.25. The summed E-state index contributed by atoms with van der Waals surface area (Å²) in [7, 11) is 3.66. The zero-order valence-electron chi connectivity index (χ0n) is 11.9.